The number of aromatic nitrogens is 2. The number of amides is 1. The number of nitrogens with one attached hydrogen (secondary N) is 1. The predicted octanol–water partition coefficient (Wildman–Crippen LogP) is 1.24. The van der Waals surface area contributed by atoms with Crippen molar-refractivity contribution in [1.29, 1.82) is 0 Å². The normalized spacial score (nSPS) is 20.4. The minimum atomic E-state index is -3.38. The van der Waals surface area contributed by atoms with E-state index in [-0.39, 0.29) is 5.91 Å². The van der Waals surface area contributed by atoms with E-state index in [4.69, 9.17) is 0 Å². The molecule has 9 heteroatoms. The fourth-order valence-electron chi connectivity index (χ4n) is 2.37. The van der Waals surface area contributed by atoms with Crippen LogP contribution >= 0.6 is 11.3 Å². The third-order valence-corrected chi connectivity index (χ3v) is 5.53. The van der Waals surface area contributed by atoms with Gasteiger partial charge in [0.2, 0.25) is 21.1 Å². The number of aryl methyl sites for hydroxylation is 1. The van der Waals surface area contributed by atoms with Crippen LogP contribution in [0.3, 0.4) is 0 Å². The highest BCUT2D eigenvalue weighted by molar-refractivity contribution is 7.88. The van der Waals surface area contributed by atoms with Crippen molar-refractivity contribution in [3.8, 4) is 0 Å². The van der Waals surface area contributed by atoms with E-state index in [1.165, 1.54) is 15.6 Å². The van der Waals surface area contributed by atoms with Crippen LogP contribution in [-0.4, -0.2) is 47.7 Å². The summed E-state index contributed by atoms with van der Waals surface area (Å²) in [5.41, 5.74) is 0. The molecule has 1 amide bonds. The largest absolute Gasteiger partial charge is 0.299 e. The van der Waals surface area contributed by atoms with Gasteiger partial charge in [0.1, 0.15) is 11.0 Å². The Bertz CT molecular complexity index is 599. The van der Waals surface area contributed by atoms with Crippen molar-refractivity contribution < 1.29 is 13.2 Å². The monoisotopic (exact) mass is 332 g/mol. The second-order valence-electron chi connectivity index (χ2n) is 5.13. The van der Waals surface area contributed by atoms with Crippen LogP contribution in [-0.2, 0) is 21.2 Å². The van der Waals surface area contributed by atoms with Gasteiger partial charge in [-0.2, -0.15) is 4.31 Å². The van der Waals surface area contributed by atoms with E-state index in [9.17, 15) is 13.2 Å². The molecule has 0 unspecified atom stereocenters. The molecule has 0 radical (unpaired) electrons. The molecule has 7 nitrogen and oxygen atoms in total. The van der Waals surface area contributed by atoms with Crippen molar-refractivity contribution in [2.75, 3.05) is 18.1 Å². The number of nitrogens with zero attached hydrogens (tertiary/aromatic N) is 3. The molecule has 21 heavy (non-hydrogen) atoms. The van der Waals surface area contributed by atoms with Crippen LogP contribution in [0.4, 0.5) is 5.13 Å². The van der Waals surface area contributed by atoms with Gasteiger partial charge in [0.15, 0.2) is 0 Å². The quantitative estimate of drug-likeness (QED) is 0.876. The molecule has 0 aromatic carbocycles. The van der Waals surface area contributed by atoms with Crippen molar-refractivity contribution in [3.63, 3.8) is 0 Å². The van der Waals surface area contributed by atoms with E-state index in [2.05, 4.69) is 15.5 Å². The van der Waals surface area contributed by atoms with E-state index in [0.29, 0.717) is 18.1 Å². The smallest absolute Gasteiger partial charge is 0.244 e. The van der Waals surface area contributed by atoms with Gasteiger partial charge in [0.25, 0.3) is 0 Å². The molecule has 0 saturated carbocycles. The molecule has 1 saturated heterocycles. The minimum absolute atomic E-state index is 0.320. The van der Waals surface area contributed by atoms with Crippen molar-refractivity contribution in [1.82, 2.24) is 14.5 Å². The summed E-state index contributed by atoms with van der Waals surface area (Å²) in [5.74, 6) is -0.320. The number of rotatable bonds is 5. The molecule has 1 aliphatic rings. The molecule has 1 N–H and O–H groups in total. The summed E-state index contributed by atoms with van der Waals surface area (Å²) >= 11 is 1.34. The van der Waals surface area contributed by atoms with E-state index in [1.807, 2.05) is 6.92 Å². The average Bonchev–Trinajstić information content (AvgIpc) is 2.85. The molecule has 1 aromatic rings. The van der Waals surface area contributed by atoms with Crippen molar-refractivity contribution in [3.05, 3.63) is 5.01 Å². The lowest BCUT2D eigenvalue weighted by Crippen LogP contribution is -2.49. The van der Waals surface area contributed by atoms with E-state index >= 15 is 0 Å². The van der Waals surface area contributed by atoms with Crippen LogP contribution in [0.2, 0.25) is 0 Å². The Balaban J connectivity index is 2.06. The summed E-state index contributed by atoms with van der Waals surface area (Å²) in [6, 6.07) is -0.646. The Morgan fingerprint density at radius 2 is 2.19 bits per heavy atom. The van der Waals surface area contributed by atoms with Crippen molar-refractivity contribution in [2.24, 2.45) is 0 Å². The van der Waals surface area contributed by atoms with Gasteiger partial charge in [-0.15, -0.1) is 10.2 Å². The molecule has 1 atom stereocenters. The van der Waals surface area contributed by atoms with Gasteiger partial charge >= 0.3 is 0 Å². The maximum absolute atomic E-state index is 12.3. The molecule has 1 aromatic heterocycles. The average molecular weight is 332 g/mol. The summed E-state index contributed by atoms with van der Waals surface area (Å²) in [6.45, 7) is 2.44. The Morgan fingerprint density at radius 1 is 1.43 bits per heavy atom. The first kappa shape index (κ1) is 16.3. The zero-order valence-electron chi connectivity index (χ0n) is 12.2. The van der Waals surface area contributed by atoms with E-state index in [1.54, 1.807) is 0 Å². The number of carbonyl (C=O) groups excluding carboxylic acids is 1. The summed E-state index contributed by atoms with van der Waals surface area (Å²) < 4.78 is 24.8. The predicted molar refractivity (Wildman–Crippen MR) is 81.7 cm³/mol. The molecule has 0 bridgehead atoms. The van der Waals surface area contributed by atoms with Crippen LogP contribution in [0.5, 0.6) is 0 Å². The molecular formula is C12H20N4O3S2. The minimum Gasteiger partial charge on any atom is -0.299 e. The summed E-state index contributed by atoms with van der Waals surface area (Å²) in [5, 5.41) is 11.9. The lowest BCUT2D eigenvalue weighted by atomic mass is 10.0. The maximum Gasteiger partial charge on any atom is 0.244 e. The lowest BCUT2D eigenvalue weighted by molar-refractivity contribution is -0.120. The van der Waals surface area contributed by atoms with E-state index in [0.717, 1.165) is 36.9 Å². The van der Waals surface area contributed by atoms with Gasteiger partial charge in [0.05, 0.1) is 6.26 Å². The zero-order valence-corrected chi connectivity index (χ0v) is 13.8. The van der Waals surface area contributed by atoms with Gasteiger partial charge in [0, 0.05) is 13.0 Å². The Labute approximate surface area is 128 Å². The molecule has 0 spiro atoms. The first-order valence-electron chi connectivity index (χ1n) is 7.02. The topological polar surface area (TPSA) is 92.3 Å². The van der Waals surface area contributed by atoms with Gasteiger partial charge in [-0.05, 0) is 19.3 Å². The molecular weight excluding hydrogens is 312 g/mol. The van der Waals surface area contributed by atoms with Gasteiger partial charge < -0.3 is 0 Å². The molecule has 118 valence electrons. The number of anilines is 1. The number of sulfonamides is 1. The molecule has 2 heterocycles. The van der Waals surface area contributed by atoms with Gasteiger partial charge in [-0.25, -0.2) is 8.42 Å². The van der Waals surface area contributed by atoms with E-state index < -0.39 is 16.1 Å². The summed E-state index contributed by atoms with van der Waals surface area (Å²) in [7, 11) is -3.38. The molecule has 2 rings (SSSR count). The lowest BCUT2D eigenvalue weighted by Gasteiger charge is -2.32. The first-order valence-corrected chi connectivity index (χ1v) is 9.68. The molecule has 0 aliphatic carbocycles. The Kier molecular flexibility index (Phi) is 5.28. The summed E-state index contributed by atoms with van der Waals surface area (Å²) in [6.07, 6.45) is 5.11. The van der Waals surface area contributed by atoms with Crippen LogP contribution in [0.15, 0.2) is 0 Å². The highest BCUT2D eigenvalue weighted by Gasteiger charge is 2.34. The number of carbonyl (C=O) groups is 1. The fourth-order valence-corrected chi connectivity index (χ4v) is 4.34. The van der Waals surface area contributed by atoms with Crippen LogP contribution < -0.4 is 5.32 Å². The molecule has 1 aliphatic heterocycles. The highest BCUT2D eigenvalue weighted by Crippen LogP contribution is 2.22. The highest BCUT2D eigenvalue weighted by atomic mass is 32.2. The van der Waals surface area contributed by atoms with Gasteiger partial charge in [-0.3, -0.25) is 10.1 Å². The number of hydrogen-bond acceptors (Lipinski definition) is 6. The second-order valence-corrected chi connectivity index (χ2v) is 8.12. The number of hydrogen-bond donors (Lipinski definition) is 1. The summed E-state index contributed by atoms with van der Waals surface area (Å²) in [4.78, 5) is 12.3. The SMILES string of the molecule is CCCc1nnc(NC(=O)[C@H]2CCCCN2S(C)(=O)=O)s1. The first-order chi connectivity index (χ1) is 9.91. The Morgan fingerprint density at radius 3 is 2.86 bits per heavy atom. The second kappa shape index (κ2) is 6.80. The van der Waals surface area contributed by atoms with Crippen molar-refractivity contribution >= 4 is 32.4 Å². The van der Waals surface area contributed by atoms with Gasteiger partial charge in [-0.1, -0.05) is 24.7 Å². The fraction of sp³-hybridized carbons (Fsp3) is 0.750. The van der Waals surface area contributed by atoms with Crippen LogP contribution in [0, 0.1) is 0 Å². The third-order valence-electron chi connectivity index (χ3n) is 3.34. The maximum atomic E-state index is 12.3. The Hall–Kier alpha value is -1.06. The standard InChI is InChI=1S/C12H20N4O3S2/c1-3-6-10-14-15-12(20-10)13-11(17)9-7-4-5-8-16(9)21(2,18)19/h9H,3-8H2,1-2H3,(H,13,15,17)/t9-/m1/s1. The van der Waals surface area contributed by atoms with Crippen LogP contribution in [0.1, 0.15) is 37.6 Å². The van der Waals surface area contributed by atoms with Crippen molar-refractivity contribution in [2.45, 2.75) is 45.1 Å². The van der Waals surface area contributed by atoms with Crippen LogP contribution in [0.25, 0.3) is 0 Å². The third kappa shape index (κ3) is 4.21. The molecule has 1 fully saturated rings. The zero-order chi connectivity index (χ0) is 15.5. The number of piperidine rings is 1.